The quantitative estimate of drug-likeness (QED) is 0.686. The maximum atomic E-state index is 11.4. The van der Waals surface area contributed by atoms with Gasteiger partial charge in [-0.05, 0) is 20.3 Å². The topological polar surface area (TPSA) is 77.2 Å². The van der Waals surface area contributed by atoms with Crippen LogP contribution in [-0.4, -0.2) is 24.8 Å². The zero-order chi connectivity index (χ0) is 9.94. The van der Waals surface area contributed by atoms with Gasteiger partial charge in [-0.15, -0.1) is 0 Å². The summed E-state index contributed by atoms with van der Waals surface area (Å²) in [5.74, 6) is -0.758. The lowest BCUT2D eigenvalue weighted by molar-refractivity contribution is -0.117. The summed E-state index contributed by atoms with van der Waals surface area (Å²) in [5, 5.41) is -1.58. The Morgan fingerprint density at radius 1 is 1.42 bits per heavy atom. The number of amides is 1. The van der Waals surface area contributed by atoms with E-state index in [2.05, 4.69) is 0 Å². The van der Waals surface area contributed by atoms with Gasteiger partial charge in [0.1, 0.15) is 5.25 Å². The highest BCUT2D eigenvalue weighted by Gasteiger charge is 2.31. The molecular formula is C7H15NO3S. The Morgan fingerprint density at radius 2 is 1.83 bits per heavy atom. The number of nitrogens with two attached hydrogens (primary N) is 1. The average Bonchev–Trinajstić information content (AvgIpc) is 1.86. The van der Waals surface area contributed by atoms with E-state index in [0.717, 1.165) is 0 Å². The van der Waals surface area contributed by atoms with Crippen molar-refractivity contribution in [2.75, 3.05) is 0 Å². The Morgan fingerprint density at radius 3 is 1.92 bits per heavy atom. The molecular weight excluding hydrogens is 178 g/mol. The number of hydrogen-bond donors (Lipinski definition) is 1. The molecule has 0 rings (SSSR count). The van der Waals surface area contributed by atoms with Gasteiger partial charge in [-0.25, -0.2) is 8.42 Å². The molecule has 0 saturated heterocycles. The minimum absolute atomic E-state index is 0.246. The Kier molecular flexibility index (Phi) is 3.70. The molecule has 2 N–H and O–H groups in total. The molecule has 12 heavy (non-hydrogen) atoms. The second-order valence-corrected chi connectivity index (χ2v) is 5.63. The first-order chi connectivity index (χ1) is 5.34. The van der Waals surface area contributed by atoms with E-state index in [9.17, 15) is 13.2 Å². The van der Waals surface area contributed by atoms with E-state index >= 15 is 0 Å². The van der Waals surface area contributed by atoms with Crippen LogP contribution >= 0.6 is 0 Å². The van der Waals surface area contributed by atoms with Gasteiger partial charge in [0.2, 0.25) is 5.91 Å². The van der Waals surface area contributed by atoms with Crippen molar-refractivity contribution >= 4 is 15.7 Å². The van der Waals surface area contributed by atoms with Gasteiger partial charge in [0, 0.05) is 0 Å². The maximum absolute atomic E-state index is 11.4. The van der Waals surface area contributed by atoms with E-state index in [1.807, 2.05) is 0 Å². The summed E-state index contributed by atoms with van der Waals surface area (Å²) in [6, 6.07) is 0. The lowest BCUT2D eigenvalue weighted by Gasteiger charge is -2.14. The molecule has 1 atom stereocenters. The van der Waals surface area contributed by atoms with Crippen LogP contribution in [0.1, 0.15) is 27.2 Å². The lowest BCUT2D eigenvalue weighted by Crippen LogP contribution is -2.39. The van der Waals surface area contributed by atoms with Crippen LogP contribution in [0.15, 0.2) is 0 Å². The van der Waals surface area contributed by atoms with Crippen molar-refractivity contribution in [2.45, 2.75) is 37.7 Å². The van der Waals surface area contributed by atoms with E-state index in [4.69, 9.17) is 5.73 Å². The smallest absolute Gasteiger partial charge is 0.235 e. The first-order valence-corrected chi connectivity index (χ1v) is 5.47. The van der Waals surface area contributed by atoms with Crippen LogP contribution in [-0.2, 0) is 14.6 Å². The normalized spacial score (nSPS) is 14.7. The number of carbonyl (C=O) groups excluding carboxylic acids is 1. The Balaban J connectivity index is 4.87. The van der Waals surface area contributed by atoms with Gasteiger partial charge in [-0.3, -0.25) is 4.79 Å². The molecule has 0 fully saturated rings. The fourth-order valence-electron chi connectivity index (χ4n) is 0.924. The molecule has 0 aliphatic heterocycles. The van der Waals surface area contributed by atoms with E-state index in [-0.39, 0.29) is 6.42 Å². The molecule has 4 nitrogen and oxygen atoms in total. The van der Waals surface area contributed by atoms with Crippen molar-refractivity contribution in [3.8, 4) is 0 Å². The van der Waals surface area contributed by atoms with Crippen molar-refractivity contribution in [3.05, 3.63) is 0 Å². The highest BCUT2D eigenvalue weighted by Crippen LogP contribution is 2.11. The fourth-order valence-corrected chi connectivity index (χ4v) is 2.37. The summed E-state index contributed by atoms with van der Waals surface area (Å²) >= 11 is 0. The van der Waals surface area contributed by atoms with Crippen LogP contribution in [0.3, 0.4) is 0 Å². The second kappa shape index (κ2) is 3.89. The second-order valence-electron chi connectivity index (χ2n) is 2.94. The molecule has 0 radical (unpaired) electrons. The van der Waals surface area contributed by atoms with Crippen molar-refractivity contribution in [2.24, 2.45) is 5.73 Å². The minimum Gasteiger partial charge on any atom is -0.369 e. The SMILES string of the molecule is CCC(C(N)=O)S(=O)(=O)C(C)C. The van der Waals surface area contributed by atoms with Crippen LogP contribution in [0.4, 0.5) is 0 Å². The van der Waals surface area contributed by atoms with Gasteiger partial charge in [0.05, 0.1) is 5.25 Å². The van der Waals surface area contributed by atoms with Gasteiger partial charge in [-0.2, -0.15) is 0 Å². The highest BCUT2D eigenvalue weighted by molar-refractivity contribution is 7.93. The van der Waals surface area contributed by atoms with Crippen LogP contribution in [0, 0.1) is 0 Å². The maximum Gasteiger partial charge on any atom is 0.235 e. The predicted molar refractivity (Wildman–Crippen MR) is 47.3 cm³/mol. The molecule has 0 aromatic rings. The molecule has 0 saturated carbocycles. The molecule has 0 aliphatic carbocycles. The van der Waals surface area contributed by atoms with Crippen molar-refractivity contribution in [3.63, 3.8) is 0 Å². The van der Waals surface area contributed by atoms with Crippen LogP contribution in [0.5, 0.6) is 0 Å². The van der Waals surface area contributed by atoms with Crippen LogP contribution in [0.25, 0.3) is 0 Å². The van der Waals surface area contributed by atoms with Gasteiger partial charge in [0.15, 0.2) is 9.84 Å². The van der Waals surface area contributed by atoms with Crippen LogP contribution < -0.4 is 5.73 Å². The molecule has 0 aromatic carbocycles. The molecule has 0 aliphatic rings. The summed E-state index contributed by atoms with van der Waals surface area (Å²) in [4.78, 5) is 10.7. The molecule has 0 heterocycles. The molecule has 0 bridgehead atoms. The summed E-state index contributed by atoms with van der Waals surface area (Å²) in [6.07, 6.45) is 0.246. The Hall–Kier alpha value is -0.580. The van der Waals surface area contributed by atoms with E-state index in [1.54, 1.807) is 20.8 Å². The fraction of sp³-hybridized carbons (Fsp3) is 0.857. The number of rotatable bonds is 4. The summed E-state index contributed by atoms with van der Waals surface area (Å²) in [6.45, 7) is 4.72. The van der Waals surface area contributed by atoms with E-state index < -0.39 is 26.2 Å². The zero-order valence-electron chi connectivity index (χ0n) is 7.57. The average molecular weight is 193 g/mol. The van der Waals surface area contributed by atoms with Gasteiger partial charge in [-0.1, -0.05) is 6.92 Å². The van der Waals surface area contributed by atoms with Gasteiger partial charge >= 0.3 is 0 Å². The lowest BCUT2D eigenvalue weighted by atomic mass is 10.3. The number of sulfone groups is 1. The van der Waals surface area contributed by atoms with Crippen molar-refractivity contribution < 1.29 is 13.2 Å². The van der Waals surface area contributed by atoms with Crippen molar-refractivity contribution in [1.29, 1.82) is 0 Å². The third-order valence-corrected chi connectivity index (χ3v) is 4.41. The summed E-state index contributed by atoms with van der Waals surface area (Å²) in [7, 11) is -3.36. The minimum atomic E-state index is -3.36. The van der Waals surface area contributed by atoms with E-state index in [0.29, 0.717) is 0 Å². The van der Waals surface area contributed by atoms with Crippen LogP contribution in [0.2, 0.25) is 0 Å². The molecule has 1 amide bonds. The van der Waals surface area contributed by atoms with E-state index in [1.165, 1.54) is 0 Å². The first-order valence-electron chi connectivity index (χ1n) is 3.86. The molecule has 0 aromatic heterocycles. The number of hydrogen-bond acceptors (Lipinski definition) is 3. The summed E-state index contributed by atoms with van der Waals surface area (Å²) < 4.78 is 22.8. The molecule has 0 spiro atoms. The predicted octanol–water partition coefficient (Wildman–Crippen LogP) is 0.0735. The zero-order valence-corrected chi connectivity index (χ0v) is 8.39. The third kappa shape index (κ3) is 2.20. The van der Waals surface area contributed by atoms with Crippen molar-refractivity contribution in [1.82, 2.24) is 0 Å². The standard InChI is InChI=1S/C7H15NO3S/c1-4-6(7(8)9)12(10,11)5(2)3/h5-6H,4H2,1-3H3,(H2,8,9). The largest absolute Gasteiger partial charge is 0.369 e. The summed E-state index contributed by atoms with van der Waals surface area (Å²) in [5.41, 5.74) is 4.95. The monoisotopic (exact) mass is 193 g/mol. The Labute approximate surface area is 73.1 Å². The third-order valence-electron chi connectivity index (χ3n) is 1.74. The Bertz CT molecular complexity index is 256. The van der Waals surface area contributed by atoms with Gasteiger partial charge < -0.3 is 5.73 Å². The number of carbonyl (C=O) groups is 1. The number of primary amides is 1. The molecule has 1 unspecified atom stereocenters. The first kappa shape index (κ1) is 11.4. The highest BCUT2D eigenvalue weighted by atomic mass is 32.2. The molecule has 5 heteroatoms. The molecule has 72 valence electrons. The van der Waals surface area contributed by atoms with Gasteiger partial charge in [0.25, 0.3) is 0 Å².